The summed E-state index contributed by atoms with van der Waals surface area (Å²) in [4.78, 5) is 55.8. The molecule has 0 radical (unpaired) electrons. The number of amides is 3. The highest BCUT2D eigenvalue weighted by atomic mass is 16.6. The molecule has 0 atom stereocenters. The second kappa shape index (κ2) is 14.7. The maximum Gasteiger partial charge on any atom is 0.425 e. The molecule has 12 heteroatoms. The summed E-state index contributed by atoms with van der Waals surface area (Å²) in [6, 6.07) is 16.2. The van der Waals surface area contributed by atoms with Crippen LogP contribution in [-0.4, -0.2) is 59.7 Å². The zero-order chi connectivity index (χ0) is 36.0. The van der Waals surface area contributed by atoms with Gasteiger partial charge in [-0.05, 0) is 85.2 Å². The van der Waals surface area contributed by atoms with Crippen molar-refractivity contribution in [3.63, 3.8) is 0 Å². The van der Waals surface area contributed by atoms with Gasteiger partial charge in [-0.25, -0.2) is 9.59 Å². The van der Waals surface area contributed by atoms with Crippen LogP contribution in [0.15, 0.2) is 78.3 Å². The van der Waals surface area contributed by atoms with E-state index in [0.29, 0.717) is 16.2 Å². The van der Waals surface area contributed by atoms with Gasteiger partial charge in [-0.1, -0.05) is 42.5 Å². The summed E-state index contributed by atoms with van der Waals surface area (Å²) < 4.78 is 21.6. The van der Waals surface area contributed by atoms with Gasteiger partial charge >= 0.3 is 18.2 Å². The van der Waals surface area contributed by atoms with Crippen molar-refractivity contribution < 1.29 is 38.1 Å². The van der Waals surface area contributed by atoms with Gasteiger partial charge in [0.1, 0.15) is 23.4 Å². The largest absolute Gasteiger partial charge is 0.483 e. The van der Waals surface area contributed by atoms with E-state index in [2.05, 4.69) is 11.9 Å². The van der Waals surface area contributed by atoms with Gasteiger partial charge in [0.25, 0.3) is 5.91 Å². The van der Waals surface area contributed by atoms with E-state index in [4.69, 9.17) is 24.4 Å². The molecule has 3 amide bonds. The lowest BCUT2D eigenvalue weighted by atomic mass is 9.84. The molecule has 1 aliphatic rings. The molecule has 0 aliphatic carbocycles. The molecule has 0 saturated heterocycles. The van der Waals surface area contributed by atoms with E-state index in [1.165, 1.54) is 12.0 Å². The van der Waals surface area contributed by atoms with Crippen molar-refractivity contribution in [1.29, 1.82) is 5.41 Å². The molecular formula is C36H46N4O8. The Labute approximate surface area is 282 Å². The first-order valence-corrected chi connectivity index (χ1v) is 15.5. The van der Waals surface area contributed by atoms with Crippen LogP contribution in [0, 0.1) is 5.41 Å². The molecule has 0 bridgehead atoms. The number of ether oxygens (including phenoxy) is 4. The van der Waals surface area contributed by atoms with Crippen LogP contribution in [0.3, 0.4) is 0 Å². The van der Waals surface area contributed by atoms with Crippen molar-refractivity contribution in [3.05, 3.63) is 89.5 Å². The fraction of sp³-hybridized carbons (Fsp3) is 0.417. The van der Waals surface area contributed by atoms with Gasteiger partial charge in [0.05, 0.1) is 12.5 Å². The molecule has 3 rings (SSSR count). The summed E-state index contributed by atoms with van der Waals surface area (Å²) in [5.74, 6) is -1.75. The van der Waals surface area contributed by atoms with Crippen LogP contribution in [0.2, 0.25) is 0 Å². The van der Waals surface area contributed by atoms with Crippen LogP contribution in [0.5, 0.6) is 0 Å². The number of imide groups is 1. The number of rotatable bonds is 9. The van der Waals surface area contributed by atoms with E-state index < -0.39 is 46.5 Å². The molecule has 0 unspecified atom stereocenters. The maximum absolute atomic E-state index is 14.2. The van der Waals surface area contributed by atoms with Crippen molar-refractivity contribution in [2.75, 3.05) is 18.6 Å². The molecule has 258 valence electrons. The Balaban J connectivity index is 1.96. The number of amidine groups is 1. The second-order valence-electron chi connectivity index (χ2n) is 13.7. The number of nitrogens with zero attached hydrogens (tertiary/aromatic N) is 2. The van der Waals surface area contributed by atoms with Crippen LogP contribution < -0.4 is 10.2 Å². The lowest BCUT2D eigenvalue weighted by Crippen LogP contribution is -2.51. The number of hydrogen-bond donors (Lipinski definition) is 2. The maximum atomic E-state index is 14.2. The SMILES string of the molecule is C=C(NC1=C(C(=N)N(C(=O)OC(C)(C)C)C(=O)OC(C)(C)C)C(=O)N(c2ccc(C(C)(C)C(=O)OCc3ccccc3)cc2)CC1)OC. The Morgan fingerprint density at radius 1 is 0.896 bits per heavy atom. The number of methoxy groups -OCH3 is 1. The average molecular weight is 663 g/mol. The van der Waals surface area contributed by atoms with Crippen LogP contribution in [0.25, 0.3) is 0 Å². The fourth-order valence-corrected chi connectivity index (χ4v) is 4.61. The average Bonchev–Trinajstić information content (AvgIpc) is 2.98. The molecule has 0 spiro atoms. The van der Waals surface area contributed by atoms with Crippen LogP contribution in [-0.2, 0) is 40.6 Å². The summed E-state index contributed by atoms with van der Waals surface area (Å²) in [5, 5.41) is 11.9. The minimum absolute atomic E-state index is 0.0865. The van der Waals surface area contributed by atoms with Gasteiger partial charge in [-0.15, -0.1) is 0 Å². The van der Waals surface area contributed by atoms with Crippen molar-refractivity contribution >= 4 is 35.6 Å². The highest BCUT2D eigenvalue weighted by molar-refractivity contribution is 6.30. The standard InChI is InChI=1S/C36H46N4O8/c1-23(45-10)38-27-20-21-39(26-18-16-25(17-19-26)36(8,9)31(42)46-22-24-14-12-11-13-15-24)30(41)28(27)29(37)40(32(43)47-34(2,3)4)33(44)48-35(5,6)7/h11-19,37-38H,1,20-22H2,2-10H3. The number of nitrogens with one attached hydrogen (secondary N) is 2. The minimum Gasteiger partial charge on any atom is -0.483 e. The predicted molar refractivity (Wildman–Crippen MR) is 181 cm³/mol. The third-order valence-corrected chi connectivity index (χ3v) is 7.12. The monoisotopic (exact) mass is 662 g/mol. The number of esters is 1. The predicted octanol–water partition coefficient (Wildman–Crippen LogP) is 6.56. The van der Waals surface area contributed by atoms with Gasteiger partial charge in [0, 0.05) is 24.4 Å². The third kappa shape index (κ3) is 9.46. The Kier molecular flexibility index (Phi) is 11.5. The highest BCUT2D eigenvalue weighted by Gasteiger charge is 2.41. The molecular weight excluding hydrogens is 616 g/mol. The molecule has 2 N–H and O–H groups in total. The normalized spacial score (nSPS) is 13.8. The highest BCUT2D eigenvalue weighted by Crippen LogP contribution is 2.31. The smallest absolute Gasteiger partial charge is 0.425 e. The number of carbonyl (C=O) groups excluding carboxylic acids is 4. The molecule has 2 aromatic carbocycles. The Hall–Kier alpha value is -5.13. The van der Waals surface area contributed by atoms with E-state index in [1.807, 2.05) is 30.3 Å². The van der Waals surface area contributed by atoms with Gasteiger partial charge in [-0.3, -0.25) is 15.0 Å². The van der Waals surface area contributed by atoms with Crippen molar-refractivity contribution in [3.8, 4) is 0 Å². The number of carbonyl (C=O) groups is 4. The summed E-state index contributed by atoms with van der Waals surface area (Å²) >= 11 is 0. The third-order valence-electron chi connectivity index (χ3n) is 7.12. The fourth-order valence-electron chi connectivity index (χ4n) is 4.61. The van der Waals surface area contributed by atoms with Gasteiger partial charge in [0.2, 0.25) is 0 Å². The van der Waals surface area contributed by atoms with E-state index >= 15 is 0 Å². The van der Waals surface area contributed by atoms with Crippen LogP contribution in [0.1, 0.15) is 72.9 Å². The van der Waals surface area contributed by atoms with Crippen LogP contribution >= 0.6 is 0 Å². The first-order chi connectivity index (χ1) is 22.2. The van der Waals surface area contributed by atoms with E-state index in [1.54, 1.807) is 79.7 Å². The zero-order valence-corrected chi connectivity index (χ0v) is 29.2. The van der Waals surface area contributed by atoms with Crippen LogP contribution in [0.4, 0.5) is 15.3 Å². The molecule has 2 aromatic rings. The molecule has 0 fully saturated rings. The first-order valence-electron chi connectivity index (χ1n) is 15.5. The topological polar surface area (TPSA) is 148 Å². The lowest BCUT2D eigenvalue weighted by molar-refractivity contribution is -0.150. The summed E-state index contributed by atoms with van der Waals surface area (Å²) in [7, 11) is 1.38. The first kappa shape index (κ1) is 37.3. The Morgan fingerprint density at radius 2 is 1.44 bits per heavy atom. The van der Waals surface area contributed by atoms with Crippen molar-refractivity contribution in [1.82, 2.24) is 10.2 Å². The zero-order valence-electron chi connectivity index (χ0n) is 29.2. The molecule has 1 heterocycles. The number of hydrogen-bond acceptors (Lipinski definition) is 10. The van der Waals surface area contributed by atoms with E-state index in [-0.39, 0.29) is 36.7 Å². The van der Waals surface area contributed by atoms with Gasteiger partial charge in [-0.2, -0.15) is 4.90 Å². The van der Waals surface area contributed by atoms with Crippen molar-refractivity contribution in [2.24, 2.45) is 0 Å². The molecule has 1 aliphatic heterocycles. The minimum atomic E-state index is -1.19. The second-order valence-corrected chi connectivity index (χ2v) is 13.7. The summed E-state index contributed by atoms with van der Waals surface area (Å²) in [6.45, 7) is 17.2. The Bertz CT molecular complexity index is 1550. The molecule has 0 aromatic heterocycles. The quantitative estimate of drug-likeness (QED) is 0.100. The molecule has 0 saturated carbocycles. The summed E-state index contributed by atoms with van der Waals surface area (Å²) in [6.07, 6.45) is -2.19. The number of anilines is 1. The van der Waals surface area contributed by atoms with Gasteiger partial charge < -0.3 is 29.2 Å². The Morgan fingerprint density at radius 3 is 1.94 bits per heavy atom. The van der Waals surface area contributed by atoms with E-state index in [0.717, 1.165) is 5.56 Å². The molecule has 48 heavy (non-hydrogen) atoms. The van der Waals surface area contributed by atoms with Crippen molar-refractivity contribution in [2.45, 2.75) is 85.0 Å². The number of benzene rings is 2. The molecule has 12 nitrogen and oxygen atoms in total. The van der Waals surface area contributed by atoms with E-state index in [9.17, 15) is 19.2 Å². The summed E-state index contributed by atoms with van der Waals surface area (Å²) in [5.41, 5.74) is -1.12. The van der Waals surface area contributed by atoms with Gasteiger partial charge in [0.15, 0.2) is 11.7 Å². The lowest BCUT2D eigenvalue weighted by Gasteiger charge is -2.34.